The second kappa shape index (κ2) is 9.33. The van der Waals surface area contributed by atoms with E-state index < -0.39 is 17.6 Å². The summed E-state index contributed by atoms with van der Waals surface area (Å²) in [6, 6.07) is 7.96. The quantitative estimate of drug-likeness (QED) is 0.591. The lowest BCUT2D eigenvalue weighted by Crippen LogP contribution is -2.38. The molecular formula is C25H25F3N4O3. The topological polar surface area (TPSA) is 90.6 Å². The van der Waals surface area contributed by atoms with Crippen LogP contribution in [0.25, 0.3) is 22.0 Å². The van der Waals surface area contributed by atoms with Gasteiger partial charge in [-0.3, -0.25) is 9.78 Å². The minimum absolute atomic E-state index is 0.00640. The van der Waals surface area contributed by atoms with Crippen molar-refractivity contribution in [1.29, 1.82) is 0 Å². The number of amides is 1. The third-order valence-electron chi connectivity index (χ3n) is 6.58. The molecule has 1 unspecified atom stereocenters. The highest BCUT2D eigenvalue weighted by Gasteiger charge is 2.34. The van der Waals surface area contributed by atoms with Crippen molar-refractivity contribution in [3.8, 4) is 16.9 Å². The number of likely N-dealkylation sites (tertiary alicyclic amines) is 1. The van der Waals surface area contributed by atoms with Gasteiger partial charge in [-0.25, -0.2) is 4.98 Å². The molecule has 10 heteroatoms. The molecule has 35 heavy (non-hydrogen) atoms. The predicted molar refractivity (Wildman–Crippen MR) is 124 cm³/mol. The molecule has 0 aliphatic carbocycles. The summed E-state index contributed by atoms with van der Waals surface area (Å²) in [7, 11) is 0. The lowest BCUT2D eigenvalue weighted by atomic mass is 9.99. The molecule has 2 saturated heterocycles. The van der Waals surface area contributed by atoms with E-state index in [1.807, 2.05) is 4.90 Å². The molecule has 0 spiro atoms. The second-order valence-corrected chi connectivity index (χ2v) is 8.89. The number of benzene rings is 1. The minimum Gasteiger partial charge on any atom is -0.488 e. The van der Waals surface area contributed by atoms with E-state index in [2.05, 4.69) is 9.97 Å². The Hall–Kier alpha value is -3.40. The highest BCUT2D eigenvalue weighted by molar-refractivity contribution is 5.95. The van der Waals surface area contributed by atoms with Gasteiger partial charge in [-0.15, -0.1) is 0 Å². The number of ether oxygens (including phenoxy) is 2. The Morgan fingerprint density at radius 2 is 1.91 bits per heavy atom. The van der Waals surface area contributed by atoms with Crippen LogP contribution in [-0.2, 0) is 15.7 Å². The smallest absolute Gasteiger partial charge is 0.419 e. The maximum absolute atomic E-state index is 13.4. The number of nitrogens with zero attached hydrogens (tertiary/aromatic N) is 3. The van der Waals surface area contributed by atoms with Gasteiger partial charge in [0.15, 0.2) is 0 Å². The number of halogens is 3. The minimum atomic E-state index is -4.61. The SMILES string of the molecule is Nc1ncc(-c2ccnc3ccc(OC4CCN(C(=O)C5CCOCC5)C4)cc23)cc1C(F)(F)F. The average Bonchev–Trinajstić information content (AvgIpc) is 3.32. The molecule has 5 rings (SSSR count). The summed E-state index contributed by atoms with van der Waals surface area (Å²) in [5, 5.41) is 0.637. The predicted octanol–water partition coefficient (Wildman–Crippen LogP) is 4.30. The standard InChI is InChI=1S/C25H25F3N4O3/c26-25(27,28)21-11-16(13-31-23(21)29)19-3-7-30-22-2-1-17(12-20(19)22)35-18-4-8-32(14-18)24(33)15-5-9-34-10-6-15/h1-3,7,11-13,15,18H,4-6,8-10,14H2,(H2,29,31). The van der Waals surface area contributed by atoms with Crippen LogP contribution in [0, 0.1) is 5.92 Å². The molecule has 1 atom stereocenters. The molecule has 3 aromatic rings. The molecule has 4 heterocycles. The molecule has 1 amide bonds. The summed E-state index contributed by atoms with van der Waals surface area (Å²) in [5.74, 6) is 0.161. The highest BCUT2D eigenvalue weighted by Crippen LogP contribution is 2.37. The van der Waals surface area contributed by atoms with Crippen LogP contribution in [0.2, 0.25) is 0 Å². The first-order valence-electron chi connectivity index (χ1n) is 11.5. The van der Waals surface area contributed by atoms with Gasteiger partial charge in [0.05, 0.1) is 17.6 Å². The number of alkyl halides is 3. The van der Waals surface area contributed by atoms with Gasteiger partial charge in [0.25, 0.3) is 0 Å². The van der Waals surface area contributed by atoms with E-state index in [1.54, 1.807) is 30.5 Å². The molecule has 1 aromatic carbocycles. The second-order valence-electron chi connectivity index (χ2n) is 8.89. The van der Waals surface area contributed by atoms with E-state index >= 15 is 0 Å². The summed E-state index contributed by atoms with van der Waals surface area (Å²) in [6.45, 7) is 2.38. The van der Waals surface area contributed by atoms with Crippen LogP contribution in [0.4, 0.5) is 19.0 Å². The molecule has 184 valence electrons. The van der Waals surface area contributed by atoms with Crippen molar-refractivity contribution in [3.63, 3.8) is 0 Å². The summed E-state index contributed by atoms with van der Waals surface area (Å²) in [6.07, 6.45) is 0.299. The lowest BCUT2D eigenvalue weighted by molar-refractivity contribution is -0.138. The lowest BCUT2D eigenvalue weighted by Gasteiger charge is -2.26. The molecule has 0 bridgehead atoms. The number of carbonyl (C=O) groups is 1. The number of pyridine rings is 2. The van der Waals surface area contributed by atoms with E-state index in [9.17, 15) is 18.0 Å². The molecule has 0 saturated carbocycles. The third-order valence-corrected chi connectivity index (χ3v) is 6.58. The fraction of sp³-hybridized carbons (Fsp3) is 0.400. The van der Waals surface area contributed by atoms with Gasteiger partial charge in [0, 0.05) is 55.4 Å². The Morgan fingerprint density at radius 3 is 2.69 bits per heavy atom. The van der Waals surface area contributed by atoms with Crippen LogP contribution in [0.15, 0.2) is 42.7 Å². The van der Waals surface area contributed by atoms with Gasteiger partial charge >= 0.3 is 6.18 Å². The monoisotopic (exact) mass is 486 g/mol. The number of aromatic nitrogens is 2. The van der Waals surface area contributed by atoms with Crippen molar-refractivity contribution in [1.82, 2.24) is 14.9 Å². The van der Waals surface area contributed by atoms with Crippen LogP contribution < -0.4 is 10.5 Å². The zero-order valence-corrected chi connectivity index (χ0v) is 18.9. The van der Waals surface area contributed by atoms with Gasteiger partial charge in [0.1, 0.15) is 17.7 Å². The summed E-state index contributed by atoms with van der Waals surface area (Å²) < 4.78 is 51.6. The number of hydrogen-bond acceptors (Lipinski definition) is 6. The number of rotatable bonds is 4. The molecule has 7 nitrogen and oxygen atoms in total. The van der Waals surface area contributed by atoms with Crippen molar-refractivity contribution >= 4 is 22.6 Å². The van der Waals surface area contributed by atoms with Crippen molar-refractivity contribution in [2.45, 2.75) is 31.5 Å². The number of nitrogen functional groups attached to an aromatic ring is 1. The number of hydrogen-bond donors (Lipinski definition) is 1. The zero-order valence-electron chi connectivity index (χ0n) is 18.9. The van der Waals surface area contributed by atoms with Gasteiger partial charge in [0.2, 0.25) is 5.91 Å². The van der Waals surface area contributed by atoms with Gasteiger partial charge in [-0.2, -0.15) is 13.2 Å². The first-order valence-corrected chi connectivity index (χ1v) is 11.5. The van der Waals surface area contributed by atoms with Crippen LogP contribution >= 0.6 is 0 Å². The molecule has 2 aliphatic heterocycles. The number of fused-ring (bicyclic) bond motifs is 1. The Labute approximate surface area is 200 Å². The average molecular weight is 486 g/mol. The van der Waals surface area contributed by atoms with Gasteiger partial charge < -0.3 is 20.1 Å². The van der Waals surface area contributed by atoms with E-state index in [-0.39, 0.29) is 23.5 Å². The zero-order chi connectivity index (χ0) is 24.6. The first kappa shape index (κ1) is 23.3. The van der Waals surface area contributed by atoms with Crippen LogP contribution in [-0.4, -0.2) is 53.2 Å². The first-order chi connectivity index (χ1) is 16.8. The Morgan fingerprint density at radius 1 is 1.11 bits per heavy atom. The molecule has 2 N–H and O–H groups in total. The molecule has 2 aliphatic rings. The number of anilines is 1. The summed E-state index contributed by atoms with van der Waals surface area (Å²) >= 11 is 0. The Bertz CT molecular complexity index is 1240. The third kappa shape index (κ3) is 4.88. The van der Waals surface area contributed by atoms with Gasteiger partial charge in [-0.05, 0) is 48.7 Å². The van der Waals surface area contributed by atoms with Crippen LogP contribution in [0.1, 0.15) is 24.8 Å². The Kier molecular flexibility index (Phi) is 6.22. The van der Waals surface area contributed by atoms with Crippen molar-refractivity contribution in [3.05, 3.63) is 48.3 Å². The molecular weight excluding hydrogens is 461 g/mol. The largest absolute Gasteiger partial charge is 0.488 e. The van der Waals surface area contributed by atoms with E-state index in [0.717, 1.165) is 18.9 Å². The molecule has 2 fully saturated rings. The number of nitrogens with two attached hydrogens (primary N) is 1. The maximum atomic E-state index is 13.4. The van der Waals surface area contributed by atoms with Crippen molar-refractivity contribution in [2.24, 2.45) is 5.92 Å². The van der Waals surface area contributed by atoms with Gasteiger partial charge in [-0.1, -0.05) is 0 Å². The normalized spacial score (nSPS) is 19.3. The Balaban J connectivity index is 1.37. The van der Waals surface area contributed by atoms with Crippen LogP contribution in [0.5, 0.6) is 5.75 Å². The maximum Gasteiger partial charge on any atom is 0.419 e. The van der Waals surface area contributed by atoms with E-state index in [1.165, 1.54) is 6.20 Å². The van der Waals surface area contributed by atoms with Crippen LogP contribution in [0.3, 0.4) is 0 Å². The highest BCUT2D eigenvalue weighted by atomic mass is 19.4. The molecule has 0 radical (unpaired) electrons. The fourth-order valence-electron chi connectivity index (χ4n) is 4.72. The number of carbonyl (C=O) groups excluding carboxylic acids is 1. The summed E-state index contributed by atoms with van der Waals surface area (Å²) in [5.41, 5.74) is 5.92. The van der Waals surface area contributed by atoms with Crippen molar-refractivity contribution < 1.29 is 27.4 Å². The fourth-order valence-corrected chi connectivity index (χ4v) is 4.72. The van der Waals surface area contributed by atoms with E-state index in [0.29, 0.717) is 54.9 Å². The summed E-state index contributed by atoms with van der Waals surface area (Å²) in [4.78, 5) is 22.8. The van der Waals surface area contributed by atoms with E-state index in [4.69, 9.17) is 15.2 Å². The van der Waals surface area contributed by atoms with Crippen molar-refractivity contribution in [2.75, 3.05) is 32.0 Å². The molecule has 2 aromatic heterocycles.